The van der Waals surface area contributed by atoms with Crippen LogP contribution in [0.5, 0.6) is 0 Å². The van der Waals surface area contributed by atoms with Crippen molar-refractivity contribution in [1.82, 2.24) is 14.8 Å². The number of halogens is 1. The first kappa shape index (κ1) is 19.3. The van der Waals surface area contributed by atoms with Crippen molar-refractivity contribution in [3.8, 4) is 11.4 Å². The second-order valence-electron chi connectivity index (χ2n) is 5.85. The number of amides is 1. The molecule has 1 N–H and O–H groups in total. The Kier molecular flexibility index (Phi) is 6.08. The van der Waals surface area contributed by atoms with Crippen molar-refractivity contribution in [2.45, 2.75) is 25.5 Å². The Morgan fingerprint density at radius 1 is 1.37 bits per heavy atom. The predicted octanol–water partition coefficient (Wildman–Crippen LogP) is 4.68. The number of aryl methyl sites for hydroxylation is 1. The summed E-state index contributed by atoms with van der Waals surface area (Å²) in [6.45, 7) is 8.46. The summed E-state index contributed by atoms with van der Waals surface area (Å²) >= 11 is 2.93. The summed E-state index contributed by atoms with van der Waals surface area (Å²) in [5, 5.41) is 13.8. The number of aromatic nitrogens is 3. The van der Waals surface area contributed by atoms with Crippen LogP contribution in [0.1, 0.15) is 10.4 Å². The highest BCUT2D eigenvalue weighted by Crippen LogP contribution is 2.31. The van der Waals surface area contributed by atoms with E-state index in [1.807, 2.05) is 4.57 Å². The molecule has 0 aliphatic carbocycles. The summed E-state index contributed by atoms with van der Waals surface area (Å²) < 4.78 is 15.6. The van der Waals surface area contributed by atoms with Crippen LogP contribution >= 0.6 is 23.1 Å². The van der Waals surface area contributed by atoms with Crippen molar-refractivity contribution in [2.24, 2.45) is 0 Å². The summed E-state index contributed by atoms with van der Waals surface area (Å²) in [5.74, 6) is 0.0954. The van der Waals surface area contributed by atoms with Gasteiger partial charge in [0.15, 0.2) is 11.0 Å². The van der Waals surface area contributed by atoms with Gasteiger partial charge in [-0.2, -0.15) is 0 Å². The minimum absolute atomic E-state index is 0.102. The van der Waals surface area contributed by atoms with Crippen LogP contribution in [0.2, 0.25) is 0 Å². The average Bonchev–Trinajstić information content (AvgIpc) is 3.19. The van der Waals surface area contributed by atoms with Crippen molar-refractivity contribution in [2.75, 3.05) is 11.1 Å². The lowest BCUT2D eigenvalue weighted by molar-refractivity contribution is -0.113. The number of para-hydroxylation sites is 1. The Morgan fingerprint density at radius 2 is 2.15 bits per heavy atom. The normalized spacial score (nSPS) is 10.8. The molecule has 5 nitrogen and oxygen atoms in total. The molecule has 0 spiro atoms. The van der Waals surface area contributed by atoms with Crippen LogP contribution in [0, 0.1) is 19.7 Å². The molecule has 0 unspecified atom stereocenters. The first-order chi connectivity index (χ1) is 13.0. The highest BCUT2D eigenvalue weighted by atomic mass is 32.2. The Balaban J connectivity index is 1.75. The number of hydrogen-bond acceptors (Lipinski definition) is 5. The van der Waals surface area contributed by atoms with E-state index in [9.17, 15) is 9.18 Å². The number of thioether (sulfide) groups is 1. The van der Waals surface area contributed by atoms with E-state index in [-0.39, 0.29) is 17.3 Å². The highest BCUT2D eigenvalue weighted by Gasteiger charge is 2.18. The van der Waals surface area contributed by atoms with Crippen molar-refractivity contribution >= 4 is 34.7 Å². The molecule has 0 saturated heterocycles. The maximum Gasteiger partial charge on any atom is 0.234 e. The minimum Gasteiger partial charge on any atom is -0.323 e. The molecule has 27 heavy (non-hydrogen) atoms. The first-order valence-electron chi connectivity index (χ1n) is 8.27. The molecular formula is C19H19FN4OS2. The standard InChI is InChI=1S/C19H19FN4OS2/c1-4-9-24-18(14-10-26-13(3)12(14)2)22-23-19(24)27-11-17(25)21-16-8-6-5-7-15(16)20/h4-8,10H,1,9,11H2,2-3H3,(H,21,25). The highest BCUT2D eigenvalue weighted by molar-refractivity contribution is 7.99. The van der Waals surface area contributed by atoms with Gasteiger partial charge in [-0.3, -0.25) is 9.36 Å². The fourth-order valence-electron chi connectivity index (χ4n) is 2.50. The number of anilines is 1. The maximum atomic E-state index is 13.7. The van der Waals surface area contributed by atoms with Crippen molar-refractivity contribution in [3.05, 3.63) is 58.6 Å². The molecule has 1 amide bonds. The van der Waals surface area contributed by atoms with E-state index in [0.29, 0.717) is 11.7 Å². The number of nitrogens with one attached hydrogen (secondary N) is 1. The van der Waals surface area contributed by atoms with Crippen LogP contribution in [0.4, 0.5) is 10.1 Å². The average molecular weight is 403 g/mol. The molecule has 3 aromatic rings. The largest absolute Gasteiger partial charge is 0.323 e. The zero-order valence-corrected chi connectivity index (χ0v) is 16.7. The van der Waals surface area contributed by atoms with E-state index in [2.05, 4.69) is 41.3 Å². The van der Waals surface area contributed by atoms with Gasteiger partial charge in [-0.25, -0.2) is 4.39 Å². The lowest BCUT2D eigenvalue weighted by Crippen LogP contribution is -2.15. The molecule has 0 aliphatic heterocycles. The number of rotatable bonds is 7. The maximum absolute atomic E-state index is 13.7. The molecule has 2 aromatic heterocycles. The van der Waals surface area contributed by atoms with Gasteiger partial charge in [0.1, 0.15) is 5.82 Å². The molecule has 0 fully saturated rings. The predicted molar refractivity (Wildman–Crippen MR) is 109 cm³/mol. The van der Waals surface area contributed by atoms with Crippen molar-refractivity contribution in [3.63, 3.8) is 0 Å². The summed E-state index contributed by atoms with van der Waals surface area (Å²) in [6, 6.07) is 6.08. The quantitative estimate of drug-likeness (QED) is 0.460. The van der Waals surface area contributed by atoms with Crippen molar-refractivity contribution in [1.29, 1.82) is 0 Å². The number of thiophene rings is 1. The Morgan fingerprint density at radius 3 is 2.81 bits per heavy atom. The molecule has 0 radical (unpaired) electrons. The SMILES string of the molecule is C=CCn1c(SCC(=O)Nc2ccccc2F)nnc1-c1csc(C)c1C. The van der Waals surface area contributed by atoms with E-state index >= 15 is 0 Å². The topological polar surface area (TPSA) is 59.8 Å². The number of benzene rings is 1. The second kappa shape index (κ2) is 8.49. The molecule has 0 saturated carbocycles. The molecule has 0 atom stereocenters. The number of allylic oxidation sites excluding steroid dienone is 1. The monoisotopic (exact) mass is 402 g/mol. The van der Waals surface area contributed by atoms with Gasteiger partial charge < -0.3 is 5.32 Å². The third-order valence-electron chi connectivity index (χ3n) is 4.04. The van der Waals surface area contributed by atoms with Crippen LogP contribution in [0.15, 0.2) is 47.5 Å². The third kappa shape index (κ3) is 4.28. The van der Waals surface area contributed by atoms with E-state index in [1.165, 1.54) is 34.3 Å². The molecule has 1 aromatic carbocycles. The van der Waals surface area contributed by atoms with Gasteiger partial charge in [0.25, 0.3) is 0 Å². The number of carbonyl (C=O) groups is 1. The molecule has 3 rings (SSSR count). The zero-order chi connectivity index (χ0) is 19.4. The van der Waals surface area contributed by atoms with Crippen LogP contribution in [-0.4, -0.2) is 26.4 Å². The van der Waals surface area contributed by atoms with E-state index in [0.717, 1.165) is 11.4 Å². The van der Waals surface area contributed by atoms with Gasteiger partial charge >= 0.3 is 0 Å². The lowest BCUT2D eigenvalue weighted by Gasteiger charge is -2.08. The minimum atomic E-state index is -0.462. The van der Waals surface area contributed by atoms with Gasteiger partial charge in [-0.05, 0) is 31.5 Å². The third-order valence-corrected chi connectivity index (χ3v) is 6.02. The molecule has 0 bridgehead atoms. The number of nitrogens with zero attached hydrogens (tertiary/aromatic N) is 3. The van der Waals surface area contributed by atoms with Crippen LogP contribution in [-0.2, 0) is 11.3 Å². The van der Waals surface area contributed by atoms with Gasteiger partial charge in [0.05, 0.1) is 11.4 Å². The fourth-order valence-corrected chi connectivity index (χ4v) is 4.11. The smallest absolute Gasteiger partial charge is 0.234 e. The molecular weight excluding hydrogens is 383 g/mol. The zero-order valence-electron chi connectivity index (χ0n) is 15.0. The van der Waals surface area contributed by atoms with E-state index < -0.39 is 5.82 Å². The van der Waals surface area contributed by atoms with Gasteiger partial charge in [-0.1, -0.05) is 30.0 Å². The van der Waals surface area contributed by atoms with Crippen LogP contribution in [0.3, 0.4) is 0 Å². The van der Waals surface area contributed by atoms with Crippen LogP contribution in [0.25, 0.3) is 11.4 Å². The van der Waals surface area contributed by atoms with Crippen LogP contribution < -0.4 is 5.32 Å². The Labute approximate surface area is 165 Å². The van der Waals surface area contributed by atoms with Gasteiger partial charge in [0.2, 0.25) is 5.91 Å². The molecule has 2 heterocycles. The molecule has 140 valence electrons. The summed E-state index contributed by atoms with van der Waals surface area (Å²) in [7, 11) is 0. The van der Waals surface area contributed by atoms with Gasteiger partial charge in [0, 0.05) is 22.4 Å². The van der Waals surface area contributed by atoms with E-state index in [4.69, 9.17) is 0 Å². The fraction of sp³-hybridized carbons (Fsp3) is 0.211. The summed E-state index contributed by atoms with van der Waals surface area (Å²) in [6.07, 6.45) is 1.77. The molecule has 8 heteroatoms. The second-order valence-corrected chi connectivity index (χ2v) is 7.88. The summed E-state index contributed by atoms with van der Waals surface area (Å²) in [5.41, 5.74) is 2.38. The van der Waals surface area contributed by atoms with Crippen molar-refractivity contribution < 1.29 is 9.18 Å². The van der Waals surface area contributed by atoms with E-state index in [1.54, 1.807) is 29.5 Å². The Bertz CT molecular complexity index is 980. The number of carbonyl (C=O) groups excluding carboxylic acids is 1. The molecule has 0 aliphatic rings. The lowest BCUT2D eigenvalue weighted by atomic mass is 10.1. The Hall–Kier alpha value is -2.45. The summed E-state index contributed by atoms with van der Waals surface area (Å²) in [4.78, 5) is 13.4. The first-order valence-corrected chi connectivity index (χ1v) is 10.1. The van der Waals surface area contributed by atoms with Gasteiger partial charge in [-0.15, -0.1) is 28.1 Å². The number of hydrogen-bond donors (Lipinski definition) is 1.